The number of nitrogens with one attached hydrogen (secondary N) is 3. The number of rotatable bonds is 4. The van der Waals surface area contributed by atoms with Crippen LogP contribution in [0.15, 0.2) is 0 Å². The van der Waals surface area contributed by atoms with Crippen LogP contribution in [0.2, 0.25) is 0 Å². The van der Waals surface area contributed by atoms with E-state index in [1.54, 1.807) is 6.92 Å². The Morgan fingerprint density at radius 1 is 1.25 bits per heavy atom. The lowest BCUT2D eigenvalue weighted by Crippen LogP contribution is -2.52. The van der Waals surface area contributed by atoms with E-state index in [0.29, 0.717) is 25.9 Å². The standard InChI is InChI=1S/C11H22N4O4S/c1-8(10(16)14-11(17)12-2)13-9-4-6-15(7-5-9)20(3,18)19/h8-9,13H,4-7H2,1-3H3,(H2,12,14,16,17). The minimum atomic E-state index is -3.14. The highest BCUT2D eigenvalue weighted by Gasteiger charge is 2.27. The van der Waals surface area contributed by atoms with Crippen LogP contribution in [0.5, 0.6) is 0 Å². The Labute approximate surface area is 119 Å². The lowest BCUT2D eigenvalue weighted by Gasteiger charge is -2.32. The molecule has 0 bridgehead atoms. The molecule has 1 fully saturated rings. The first-order valence-corrected chi connectivity index (χ1v) is 8.32. The second-order valence-corrected chi connectivity index (χ2v) is 6.88. The number of piperidine rings is 1. The Morgan fingerprint density at radius 3 is 2.25 bits per heavy atom. The van der Waals surface area contributed by atoms with Crippen molar-refractivity contribution in [1.29, 1.82) is 0 Å². The van der Waals surface area contributed by atoms with E-state index in [4.69, 9.17) is 0 Å². The maximum Gasteiger partial charge on any atom is 0.321 e. The van der Waals surface area contributed by atoms with Crippen molar-refractivity contribution in [2.24, 2.45) is 0 Å². The minimum absolute atomic E-state index is 0.0680. The fourth-order valence-corrected chi connectivity index (χ4v) is 2.94. The first kappa shape index (κ1) is 16.9. The van der Waals surface area contributed by atoms with Crippen LogP contribution in [-0.2, 0) is 14.8 Å². The molecule has 1 saturated heterocycles. The van der Waals surface area contributed by atoms with Crippen molar-refractivity contribution in [2.45, 2.75) is 31.8 Å². The average molecular weight is 306 g/mol. The van der Waals surface area contributed by atoms with Gasteiger partial charge in [0.2, 0.25) is 15.9 Å². The number of carbonyl (C=O) groups is 2. The van der Waals surface area contributed by atoms with Gasteiger partial charge >= 0.3 is 6.03 Å². The fourth-order valence-electron chi connectivity index (χ4n) is 2.07. The van der Waals surface area contributed by atoms with Crippen molar-refractivity contribution in [1.82, 2.24) is 20.3 Å². The molecule has 0 aromatic heterocycles. The van der Waals surface area contributed by atoms with E-state index in [-0.39, 0.29) is 6.04 Å². The number of urea groups is 1. The number of hydrogen-bond donors (Lipinski definition) is 3. The molecule has 1 aliphatic heterocycles. The summed E-state index contributed by atoms with van der Waals surface area (Å²) in [5, 5.41) is 7.61. The van der Waals surface area contributed by atoms with Crippen molar-refractivity contribution in [2.75, 3.05) is 26.4 Å². The van der Waals surface area contributed by atoms with Crippen LogP contribution in [0.25, 0.3) is 0 Å². The normalized spacial score (nSPS) is 19.4. The monoisotopic (exact) mass is 306 g/mol. The van der Waals surface area contributed by atoms with Gasteiger partial charge in [0.05, 0.1) is 12.3 Å². The van der Waals surface area contributed by atoms with Gasteiger partial charge < -0.3 is 10.6 Å². The van der Waals surface area contributed by atoms with Crippen LogP contribution >= 0.6 is 0 Å². The van der Waals surface area contributed by atoms with E-state index in [2.05, 4.69) is 16.0 Å². The van der Waals surface area contributed by atoms with Crippen molar-refractivity contribution in [3.63, 3.8) is 0 Å². The van der Waals surface area contributed by atoms with Gasteiger partial charge in [0.25, 0.3) is 0 Å². The molecule has 0 aromatic carbocycles. The molecule has 8 nitrogen and oxygen atoms in total. The molecule has 1 aliphatic rings. The molecule has 3 N–H and O–H groups in total. The lowest BCUT2D eigenvalue weighted by atomic mass is 10.1. The Morgan fingerprint density at radius 2 is 1.80 bits per heavy atom. The highest BCUT2D eigenvalue weighted by molar-refractivity contribution is 7.88. The van der Waals surface area contributed by atoms with E-state index in [1.165, 1.54) is 17.6 Å². The predicted molar refractivity (Wildman–Crippen MR) is 74.6 cm³/mol. The van der Waals surface area contributed by atoms with Gasteiger partial charge in [0.1, 0.15) is 0 Å². The molecule has 0 spiro atoms. The molecule has 0 aliphatic carbocycles. The number of imide groups is 1. The summed E-state index contributed by atoms with van der Waals surface area (Å²) in [6.07, 6.45) is 2.48. The topological polar surface area (TPSA) is 108 Å². The zero-order chi connectivity index (χ0) is 15.3. The SMILES string of the molecule is CNC(=O)NC(=O)C(C)NC1CCN(S(C)(=O)=O)CC1. The van der Waals surface area contributed by atoms with Gasteiger partial charge in [-0.3, -0.25) is 10.1 Å². The van der Waals surface area contributed by atoms with E-state index in [1.807, 2.05) is 0 Å². The van der Waals surface area contributed by atoms with Gasteiger partial charge in [-0.1, -0.05) is 0 Å². The molecule has 0 aromatic rings. The first-order chi connectivity index (χ1) is 9.24. The maximum atomic E-state index is 11.7. The van der Waals surface area contributed by atoms with Gasteiger partial charge in [0.15, 0.2) is 0 Å². The van der Waals surface area contributed by atoms with Crippen LogP contribution in [0.1, 0.15) is 19.8 Å². The molecule has 0 saturated carbocycles. The summed E-state index contributed by atoms with van der Waals surface area (Å²) >= 11 is 0. The quantitative estimate of drug-likeness (QED) is 0.607. The molecule has 0 radical (unpaired) electrons. The van der Waals surface area contributed by atoms with Crippen LogP contribution < -0.4 is 16.0 Å². The second-order valence-electron chi connectivity index (χ2n) is 4.89. The molecule has 116 valence electrons. The third-order valence-corrected chi connectivity index (χ3v) is 4.57. The van der Waals surface area contributed by atoms with Crippen molar-refractivity contribution in [3.05, 3.63) is 0 Å². The zero-order valence-electron chi connectivity index (χ0n) is 12.0. The van der Waals surface area contributed by atoms with E-state index in [0.717, 1.165) is 0 Å². The van der Waals surface area contributed by atoms with Crippen molar-refractivity contribution in [3.8, 4) is 0 Å². The average Bonchev–Trinajstić information content (AvgIpc) is 2.38. The summed E-state index contributed by atoms with van der Waals surface area (Å²) in [6.45, 7) is 2.56. The molecule has 9 heteroatoms. The first-order valence-electron chi connectivity index (χ1n) is 6.47. The third kappa shape index (κ3) is 5.06. The Bertz CT molecular complexity index is 457. The molecule has 1 atom stereocenters. The third-order valence-electron chi connectivity index (χ3n) is 3.27. The second kappa shape index (κ2) is 7.00. The van der Waals surface area contributed by atoms with Gasteiger partial charge in [-0.25, -0.2) is 17.5 Å². The predicted octanol–water partition coefficient (Wildman–Crippen LogP) is -1.16. The largest absolute Gasteiger partial charge is 0.341 e. The Kier molecular flexibility index (Phi) is 5.90. The van der Waals surface area contributed by atoms with Gasteiger partial charge in [-0.05, 0) is 19.8 Å². The van der Waals surface area contributed by atoms with Gasteiger partial charge in [0, 0.05) is 26.2 Å². The van der Waals surface area contributed by atoms with Gasteiger partial charge in [-0.15, -0.1) is 0 Å². The van der Waals surface area contributed by atoms with Crippen LogP contribution in [0.3, 0.4) is 0 Å². The fraction of sp³-hybridized carbons (Fsp3) is 0.818. The van der Waals surface area contributed by atoms with Crippen LogP contribution in [0.4, 0.5) is 4.79 Å². The molecule has 20 heavy (non-hydrogen) atoms. The Balaban J connectivity index is 2.40. The summed E-state index contributed by atoms with van der Waals surface area (Å²) in [4.78, 5) is 22.7. The summed E-state index contributed by atoms with van der Waals surface area (Å²) in [5.74, 6) is -0.408. The number of sulfonamides is 1. The van der Waals surface area contributed by atoms with Crippen LogP contribution in [-0.4, -0.2) is 63.1 Å². The molecule has 3 amide bonds. The van der Waals surface area contributed by atoms with Gasteiger partial charge in [-0.2, -0.15) is 0 Å². The number of carbonyl (C=O) groups excluding carboxylic acids is 2. The summed E-state index contributed by atoms with van der Waals surface area (Å²) in [5.41, 5.74) is 0. The summed E-state index contributed by atoms with van der Waals surface area (Å²) < 4.78 is 24.2. The lowest BCUT2D eigenvalue weighted by molar-refractivity contribution is -0.121. The van der Waals surface area contributed by atoms with Crippen molar-refractivity contribution >= 4 is 22.0 Å². The molecular weight excluding hydrogens is 284 g/mol. The molecule has 1 rings (SSSR count). The summed E-state index contributed by atoms with van der Waals surface area (Å²) in [7, 11) is -1.71. The highest BCUT2D eigenvalue weighted by atomic mass is 32.2. The molecular formula is C11H22N4O4S. The number of nitrogens with zero attached hydrogens (tertiary/aromatic N) is 1. The van der Waals surface area contributed by atoms with E-state index >= 15 is 0 Å². The minimum Gasteiger partial charge on any atom is -0.341 e. The van der Waals surface area contributed by atoms with E-state index in [9.17, 15) is 18.0 Å². The molecule has 1 heterocycles. The zero-order valence-corrected chi connectivity index (χ0v) is 12.8. The van der Waals surface area contributed by atoms with Crippen molar-refractivity contribution < 1.29 is 18.0 Å². The molecule has 1 unspecified atom stereocenters. The summed E-state index contributed by atoms with van der Waals surface area (Å²) in [6, 6.07) is -0.990. The maximum absolute atomic E-state index is 11.7. The highest BCUT2D eigenvalue weighted by Crippen LogP contribution is 2.13. The van der Waals surface area contributed by atoms with Crippen LogP contribution in [0, 0.1) is 0 Å². The Hall–Kier alpha value is -1.19. The number of amides is 3. The van der Waals surface area contributed by atoms with E-state index < -0.39 is 28.0 Å². The number of hydrogen-bond acceptors (Lipinski definition) is 5. The smallest absolute Gasteiger partial charge is 0.321 e.